The fraction of sp³-hybridized carbons (Fsp3) is 0.750. The van der Waals surface area contributed by atoms with Crippen LogP contribution in [0, 0.1) is 0 Å². The maximum absolute atomic E-state index is 5.79. The Morgan fingerprint density at radius 2 is 2.20 bits per heavy atom. The van der Waals surface area contributed by atoms with E-state index < -0.39 is 0 Å². The van der Waals surface area contributed by atoms with Crippen molar-refractivity contribution in [3.63, 3.8) is 0 Å². The minimum absolute atomic E-state index is 0.257. The monoisotopic (exact) mass is 161 g/mol. The lowest BCUT2D eigenvalue weighted by Gasteiger charge is -2.12. The van der Waals surface area contributed by atoms with E-state index in [0.29, 0.717) is 6.04 Å². The molecule has 0 spiro atoms. The molecule has 0 amide bonds. The van der Waals surface area contributed by atoms with Gasteiger partial charge in [-0.1, -0.05) is 6.08 Å². The van der Waals surface area contributed by atoms with Gasteiger partial charge in [0.2, 0.25) is 0 Å². The Balaban J connectivity index is 3.24. The highest BCUT2D eigenvalue weighted by atomic mass is 35.5. The van der Waals surface area contributed by atoms with Crippen LogP contribution in [0.4, 0.5) is 0 Å². The van der Waals surface area contributed by atoms with Crippen LogP contribution >= 0.6 is 11.6 Å². The summed E-state index contributed by atoms with van der Waals surface area (Å²) in [4.78, 5) is 0. The van der Waals surface area contributed by atoms with Crippen molar-refractivity contribution in [3.05, 3.63) is 12.7 Å². The van der Waals surface area contributed by atoms with Gasteiger partial charge in [-0.05, 0) is 20.3 Å². The maximum Gasteiger partial charge on any atom is 0.0322 e. The van der Waals surface area contributed by atoms with E-state index in [2.05, 4.69) is 18.8 Å². The molecule has 2 atom stereocenters. The van der Waals surface area contributed by atoms with Crippen molar-refractivity contribution >= 4 is 11.6 Å². The summed E-state index contributed by atoms with van der Waals surface area (Å²) in [5.41, 5.74) is 0. The molecule has 0 heterocycles. The largest absolute Gasteiger partial charge is 0.311 e. The Labute approximate surface area is 68.5 Å². The van der Waals surface area contributed by atoms with E-state index >= 15 is 0 Å². The Hall–Kier alpha value is -0.0100. The van der Waals surface area contributed by atoms with Gasteiger partial charge in [0.05, 0.1) is 0 Å². The highest BCUT2D eigenvalue weighted by molar-refractivity contribution is 6.20. The zero-order valence-corrected chi connectivity index (χ0v) is 7.49. The second kappa shape index (κ2) is 5.75. The van der Waals surface area contributed by atoms with Gasteiger partial charge in [-0.25, -0.2) is 0 Å². The lowest BCUT2D eigenvalue weighted by molar-refractivity contribution is 0.540. The fourth-order valence-corrected chi connectivity index (χ4v) is 1.12. The van der Waals surface area contributed by atoms with Gasteiger partial charge < -0.3 is 5.32 Å². The van der Waals surface area contributed by atoms with Crippen LogP contribution < -0.4 is 5.32 Å². The van der Waals surface area contributed by atoms with Gasteiger partial charge in [0, 0.05) is 18.0 Å². The third-order valence-corrected chi connectivity index (χ3v) is 1.47. The molecule has 0 aliphatic rings. The minimum Gasteiger partial charge on any atom is -0.311 e. The molecule has 60 valence electrons. The Morgan fingerprint density at radius 1 is 1.60 bits per heavy atom. The minimum atomic E-state index is 0.257. The van der Waals surface area contributed by atoms with Crippen LogP contribution in [0.3, 0.4) is 0 Å². The van der Waals surface area contributed by atoms with E-state index in [0.717, 1.165) is 13.0 Å². The molecular formula is C8H16ClN. The summed E-state index contributed by atoms with van der Waals surface area (Å²) >= 11 is 5.79. The summed E-state index contributed by atoms with van der Waals surface area (Å²) in [7, 11) is 0. The lowest BCUT2D eigenvalue weighted by atomic mass is 10.2. The molecule has 0 radical (unpaired) electrons. The van der Waals surface area contributed by atoms with Crippen molar-refractivity contribution in [3.8, 4) is 0 Å². The SMILES string of the molecule is C=CCNC(C)CC(C)Cl. The first-order chi connectivity index (χ1) is 4.66. The van der Waals surface area contributed by atoms with E-state index in [1.807, 2.05) is 13.0 Å². The summed E-state index contributed by atoms with van der Waals surface area (Å²) in [5.74, 6) is 0. The molecule has 1 N–H and O–H groups in total. The van der Waals surface area contributed by atoms with Gasteiger partial charge in [-0.15, -0.1) is 18.2 Å². The lowest BCUT2D eigenvalue weighted by Crippen LogP contribution is -2.27. The van der Waals surface area contributed by atoms with Crippen molar-refractivity contribution < 1.29 is 0 Å². The van der Waals surface area contributed by atoms with E-state index in [1.165, 1.54) is 0 Å². The molecule has 0 saturated heterocycles. The standard InChI is InChI=1S/C8H16ClN/c1-4-5-10-8(3)6-7(2)9/h4,7-8,10H,1,5-6H2,2-3H3. The van der Waals surface area contributed by atoms with Crippen LogP contribution in [0.2, 0.25) is 0 Å². The van der Waals surface area contributed by atoms with Gasteiger partial charge in [0.1, 0.15) is 0 Å². The average Bonchev–Trinajstić information content (AvgIpc) is 1.82. The molecule has 10 heavy (non-hydrogen) atoms. The van der Waals surface area contributed by atoms with E-state index in [-0.39, 0.29) is 5.38 Å². The van der Waals surface area contributed by atoms with Gasteiger partial charge >= 0.3 is 0 Å². The highest BCUT2D eigenvalue weighted by Crippen LogP contribution is 2.03. The summed E-state index contributed by atoms with van der Waals surface area (Å²) in [6.45, 7) is 8.62. The third-order valence-electron chi connectivity index (χ3n) is 1.29. The molecule has 0 saturated carbocycles. The molecule has 0 bridgehead atoms. The van der Waals surface area contributed by atoms with Crippen molar-refractivity contribution in [2.24, 2.45) is 0 Å². The molecule has 0 aromatic heterocycles. The summed E-state index contributed by atoms with van der Waals surface area (Å²) in [5, 5.41) is 3.52. The second-order valence-corrected chi connectivity index (χ2v) is 3.36. The molecule has 2 heteroatoms. The molecular weight excluding hydrogens is 146 g/mol. The van der Waals surface area contributed by atoms with Gasteiger partial charge in [-0.3, -0.25) is 0 Å². The molecule has 0 rings (SSSR count). The fourth-order valence-electron chi connectivity index (χ4n) is 0.855. The summed E-state index contributed by atoms with van der Waals surface area (Å²) < 4.78 is 0. The van der Waals surface area contributed by atoms with Crippen molar-refractivity contribution in [1.29, 1.82) is 0 Å². The van der Waals surface area contributed by atoms with Gasteiger partial charge in [0.15, 0.2) is 0 Å². The van der Waals surface area contributed by atoms with Crippen LogP contribution in [0.15, 0.2) is 12.7 Å². The Morgan fingerprint density at radius 3 is 2.60 bits per heavy atom. The summed E-state index contributed by atoms with van der Waals surface area (Å²) in [6, 6.07) is 0.491. The second-order valence-electron chi connectivity index (χ2n) is 2.61. The molecule has 1 nitrogen and oxygen atoms in total. The number of nitrogens with one attached hydrogen (secondary N) is 1. The number of halogens is 1. The zero-order chi connectivity index (χ0) is 7.98. The molecule has 0 aromatic rings. The highest BCUT2D eigenvalue weighted by Gasteiger charge is 2.03. The molecule has 0 aliphatic heterocycles. The predicted octanol–water partition coefficient (Wildman–Crippen LogP) is 2.17. The van der Waals surface area contributed by atoms with Crippen LogP contribution in [0.1, 0.15) is 20.3 Å². The first-order valence-electron chi connectivity index (χ1n) is 3.65. The normalized spacial score (nSPS) is 16.3. The van der Waals surface area contributed by atoms with E-state index in [1.54, 1.807) is 0 Å². The van der Waals surface area contributed by atoms with Crippen molar-refractivity contribution in [2.75, 3.05) is 6.54 Å². The Bertz CT molecular complexity index is 91.3. The molecule has 0 fully saturated rings. The smallest absolute Gasteiger partial charge is 0.0322 e. The third kappa shape index (κ3) is 6.12. The first kappa shape index (κ1) is 9.99. The van der Waals surface area contributed by atoms with Crippen LogP contribution in [0.25, 0.3) is 0 Å². The topological polar surface area (TPSA) is 12.0 Å². The molecule has 2 unspecified atom stereocenters. The number of hydrogen-bond donors (Lipinski definition) is 1. The number of rotatable bonds is 5. The number of alkyl halides is 1. The van der Waals surface area contributed by atoms with E-state index in [9.17, 15) is 0 Å². The predicted molar refractivity (Wildman–Crippen MR) is 47.6 cm³/mol. The molecule has 0 aromatic carbocycles. The van der Waals surface area contributed by atoms with Gasteiger partial charge in [-0.2, -0.15) is 0 Å². The molecule has 0 aliphatic carbocycles. The van der Waals surface area contributed by atoms with E-state index in [4.69, 9.17) is 11.6 Å². The van der Waals surface area contributed by atoms with Crippen LogP contribution in [-0.2, 0) is 0 Å². The quantitative estimate of drug-likeness (QED) is 0.482. The maximum atomic E-state index is 5.79. The Kier molecular flexibility index (Phi) is 5.74. The zero-order valence-electron chi connectivity index (χ0n) is 6.73. The average molecular weight is 162 g/mol. The number of hydrogen-bond acceptors (Lipinski definition) is 1. The van der Waals surface area contributed by atoms with Crippen molar-refractivity contribution in [1.82, 2.24) is 5.32 Å². The first-order valence-corrected chi connectivity index (χ1v) is 4.08. The van der Waals surface area contributed by atoms with Crippen LogP contribution in [-0.4, -0.2) is 18.0 Å². The van der Waals surface area contributed by atoms with Crippen molar-refractivity contribution in [2.45, 2.75) is 31.7 Å². The van der Waals surface area contributed by atoms with Crippen LogP contribution in [0.5, 0.6) is 0 Å². The summed E-state index contributed by atoms with van der Waals surface area (Å²) in [6.07, 6.45) is 2.87. The van der Waals surface area contributed by atoms with Gasteiger partial charge in [0.25, 0.3) is 0 Å².